The van der Waals surface area contributed by atoms with Crippen molar-refractivity contribution in [1.82, 2.24) is 4.90 Å². The summed E-state index contributed by atoms with van der Waals surface area (Å²) >= 11 is 0. The van der Waals surface area contributed by atoms with Gasteiger partial charge in [0.1, 0.15) is 5.75 Å². The minimum Gasteiger partial charge on any atom is -0.507 e. The van der Waals surface area contributed by atoms with Crippen molar-refractivity contribution in [3.8, 4) is 5.75 Å². The Hall–Kier alpha value is -1.71. The topological polar surface area (TPSA) is 43.8 Å². The molecule has 0 aliphatic heterocycles. The van der Waals surface area contributed by atoms with Gasteiger partial charge in [-0.25, -0.2) is 0 Å². The Kier molecular flexibility index (Phi) is 4.37. The molecule has 0 atom stereocenters. The number of rotatable bonds is 4. The van der Waals surface area contributed by atoms with Crippen LogP contribution in [0.1, 0.15) is 24.2 Å². The molecule has 4 heteroatoms. The van der Waals surface area contributed by atoms with Crippen molar-refractivity contribution >= 4 is 11.6 Å². The van der Waals surface area contributed by atoms with Gasteiger partial charge < -0.3 is 14.9 Å². The van der Waals surface area contributed by atoms with Gasteiger partial charge in [-0.1, -0.05) is 0 Å². The van der Waals surface area contributed by atoms with Crippen molar-refractivity contribution in [2.45, 2.75) is 13.8 Å². The molecule has 94 valence electrons. The molecule has 0 saturated heterocycles. The molecule has 0 aliphatic carbocycles. The number of benzene rings is 1. The zero-order chi connectivity index (χ0) is 13.0. The molecule has 17 heavy (non-hydrogen) atoms. The first-order valence-electron chi connectivity index (χ1n) is 5.80. The van der Waals surface area contributed by atoms with E-state index in [0.29, 0.717) is 18.7 Å². The number of carbonyl (C=O) groups excluding carboxylic acids is 1. The smallest absolute Gasteiger partial charge is 0.257 e. The molecular weight excluding hydrogens is 216 g/mol. The van der Waals surface area contributed by atoms with Crippen LogP contribution in [0, 0.1) is 0 Å². The second-order valence-electron chi connectivity index (χ2n) is 4.07. The zero-order valence-corrected chi connectivity index (χ0v) is 10.9. The fourth-order valence-electron chi connectivity index (χ4n) is 1.66. The van der Waals surface area contributed by atoms with E-state index in [1.54, 1.807) is 17.0 Å². The number of phenols is 1. The average molecular weight is 236 g/mol. The number of phenolic OH excluding ortho intramolecular Hbond substituents is 1. The van der Waals surface area contributed by atoms with E-state index in [2.05, 4.69) is 0 Å². The maximum absolute atomic E-state index is 12.1. The highest BCUT2D eigenvalue weighted by atomic mass is 16.3. The highest BCUT2D eigenvalue weighted by molar-refractivity contribution is 5.97. The molecule has 4 nitrogen and oxygen atoms in total. The SMILES string of the molecule is CCN(CC)C(=O)c1ccc(N(C)C)cc1O. The molecule has 0 aromatic heterocycles. The lowest BCUT2D eigenvalue weighted by Gasteiger charge is -2.20. The number of amides is 1. The number of aromatic hydroxyl groups is 1. The molecule has 0 fully saturated rings. The number of anilines is 1. The zero-order valence-electron chi connectivity index (χ0n) is 10.9. The van der Waals surface area contributed by atoms with E-state index < -0.39 is 0 Å². The largest absolute Gasteiger partial charge is 0.507 e. The standard InChI is InChI=1S/C13H20N2O2/c1-5-15(6-2)13(17)11-8-7-10(14(3)4)9-12(11)16/h7-9,16H,5-6H2,1-4H3. The lowest BCUT2D eigenvalue weighted by atomic mass is 10.1. The summed E-state index contributed by atoms with van der Waals surface area (Å²) in [5.41, 5.74) is 1.23. The van der Waals surface area contributed by atoms with Crippen molar-refractivity contribution in [3.05, 3.63) is 23.8 Å². The summed E-state index contributed by atoms with van der Waals surface area (Å²) in [6, 6.07) is 5.11. The van der Waals surface area contributed by atoms with Crippen molar-refractivity contribution in [2.75, 3.05) is 32.1 Å². The second kappa shape index (κ2) is 5.57. The molecule has 0 heterocycles. The summed E-state index contributed by atoms with van der Waals surface area (Å²) in [4.78, 5) is 15.6. The number of nitrogens with zero attached hydrogens (tertiary/aromatic N) is 2. The summed E-state index contributed by atoms with van der Waals surface area (Å²) in [5.74, 6) is -0.0918. The second-order valence-corrected chi connectivity index (χ2v) is 4.07. The lowest BCUT2D eigenvalue weighted by Crippen LogP contribution is -2.30. The Morgan fingerprint density at radius 1 is 1.24 bits per heavy atom. The minimum atomic E-state index is -0.127. The summed E-state index contributed by atoms with van der Waals surface area (Å²) in [6.07, 6.45) is 0. The Balaban J connectivity index is 3.03. The first-order chi connectivity index (χ1) is 8.01. The van der Waals surface area contributed by atoms with Crippen LogP contribution in [0.4, 0.5) is 5.69 Å². The van der Waals surface area contributed by atoms with E-state index in [1.165, 1.54) is 0 Å². The first-order valence-corrected chi connectivity index (χ1v) is 5.80. The summed E-state index contributed by atoms with van der Waals surface area (Å²) in [5, 5.41) is 9.88. The van der Waals surface area contributed by atoms with Crippen LogP contribution in [-0.2, 0) is 0 Å². The Bertz CT molecular complexity index is 398. The van der Waals surface area contributed by atoms with Crippen LogP contribution in [-0.4, -0.2) is 43.1 Å². The average Bonchev–Trinajstić information content (AvgIpc) is 2.30. The van der Waals surface area contributed by atoms with Crippen LogP contribution in [0.5, 0.6) is 5.75 Å². The maximum Gasteiger partial charge on any atom is 0.257 e. The van der Waals surface area contributed by atoms with E-state index in [9.17, 15) is 9.90 Å². The van der Waals surface area contributed by atoms with E-state index in [1.807, 2.05) is 38.9 Å². The van der Waals surface area contributed by atoms with Gasteiger partial charge in [0.2, 0.25) is 0 Å². The van der Waals surface area contributed by atoms with Crippen LogP contribution in [0.3, 0.4) is 0 Å². The van der Waals surface area contributed by atoms with Gasteiger partial charge in [-0.3, -0.25) is 4.79 Å². The van der Waals surface area contributed by atoms with E-state index >= 15 is 0 Å². The van der Waals surface area contributed by atoms with E-state index in [-0.39, 0.29) is 11.7 Å². The molecular formula is C13H20N2O2. The lowest BCUT2D eigenvalue weighted by molar-refractivity contribution is 0.0770. The van der Waals surface area contributed by atoms with Crippen LogP contribution in [0.15, 0.2) is 18.2 Å². The quantitative estimate of drug-likeness (QED) is 0.869. The Morgan fingerprint density at radius 2 is 1.82 bits per heavy atom. The molecule has 1 amide bonds. The van der Waals surface area contributed by atoms with Crippen molar-refractivity contribution in [3.63, 3.8) is 0 Å². The highest BCUT2D eigenvalue weighted by Gasteiger charge is 2.16. The van der Waals surface area contributed by atoms with Gasteiger partial charge in [-0.2, -0.15) is 0 Å². The molecule has 1 aromatic carbocycles. The van der Waals surface area contributed by atoms with Crippen molar-refractivity contribution in [1.29, 1.82) is 0 Å². The summed E-state index contributed by atoms with van der Waals surface area (Å²) in [6.45, 7) is 5.13. The molecule has 0 bridgehead atoms. The van der Waals surface area contributed by atoms with Crippen LogP contribution in [0.25, 0.3) is 0 Å². The third-order valence-electron chi connectivity index (χ3n) is 2.78. The molecule has 1 N–H and O–H groups in total. The normalized spacial score (nSPS) is 10.1. The van der Waals surface area contributed by atoms with Gasteiger partial charge >= 0.3 is 0 Å². The fourth-order valence-corrected chi connectivity index (χ4v) is 1.66. The van der Waals surface area contributed by atoms with E-state index in [0.717, 1.165) is 5.69 Å². The molecule has 0 unspecified atom stereocenters. The van der Waals surface area contributed by atoms with Crippen LogP contribution in [0.2, 0.25) is 0 Å². The molecule has 0 saturated carbocycles. The number of hydrogen-bond donors (Lipinski definition) is 1. The number of carbonyl (C=O) groups is 1. The first kappa shape index (κ1) is 13.4. The van der Waals surface area contributed by atoms with Gasteiger partial charge in [-0.05, 0) is 26.0 Å². The highest BCUT2D eigenvalue weighted by Crippen LogP contribution is 2.24. The van der Waals surface area contributed by atoms with Crippen molar-refractivity contribution < 1.29 is 9.90 Å². The molecule has 0 aliphatic rings. The molecule has 0 spiro atoms. The molecule has 0 radical (unpaired) electrons. The third kappa shape index (κ3) is 2.90. The van der Waals surface area contributed by atoms with E-state index in [4.69, 9.17) is 0 Å². The predicted molar refractivity (Wildman–Crippen MR) is 69.7 cm³/mol. The van der Waals surface area contributed by atoms with Gasteiger partial charge in [0.15, 0.2) is 0 Å². The summed E-state index contributed by atoms with van der Waals surface area (Å²) in [7, 11) is 3.78. The molecule has 1 rings (SSSR count). The third-order valence-corrected chi connectivity index (χ3v) is 2.78. The predicted octanol–water partition coefficient (Wildman–Crippen LogP) is 1.94. The van der Waals surface area contributed by atoms with Crippen LogP contribution >= 0.6 is 0 Å². The van der Waals surface area contributed by atoms with Gasteiger partial charge in [0.05, 0.1) is 5.56 Å². The summed E-state index contributed by atoms with van der Waals surface area (Å²) < 4.78 is 0. The Labute approximate surface area is 102 Å². The van der Waals surface area contributed by atoms with Gasteiger partial charge in [0.25, 0.3) is 5.91 Å². The fraction of sp³-hybridized carbons (Fsp3) is 0.462. The molecule has 1 aromatic rings. The maximum atomic E-state index is 12.1. The van der Waals surface area contributed by atoms with Gasteiger partial charge in [-0.15, -0.1) is 0 Å². The van der Waals surface area contributed by atoms with Crippen molar-refractivity contribution in [2.24, 2.45) is 0 Å². The van der Waals surface area contributed by atoms with Gasteiger partial charge in [0, 0.05) is 38.9 Å². The van der Waals surface area contributed by atoms with Crippen LogP contribution < -0.4 is 4.90 Å². The minimum absolute atomic E-state index is 0.0353. The Morgan fingerprint density at radius 3 is 2.24 bits per heavy atom. The monoisotopic (exact) mass is 236 g/mol. The number of hydrogen-bond acceptors (Lipinski definition) is 3.